The number of aliphatic hydroxyl groups excluding tert-OH is 1. The molecule has 196 valence electrons. The fourth-order valence-corrected chi connectivity index (χ4v) is 4.46. The lowest BCUT2D eigenvalue weighted by atomic mass is 9.91. The van der Waals surface area contributed by atoms with Gasteiger partial charge in [0.2, 0.25) is 0 Å². The van der Waals surface area contributed by atoms with E-state index in [1.54, 1.807) is 0 Å². The third-order valence-electron chi connectivity index (χ3n) is 6.51. The van der Waals surface area contributed by atoms with Crippen LogP contribution in [0.1, 0.15) is 52.0 Å². The van der Waals surface area contributed by atoms with Crippen LogP contribution in [0.2, 0.25) is 0 Å². The maximum absolute atomic E-state index is 12.4. The average Bonchev–Trinajstić information content (AvgIpc) is 2.88. The van der Waals surface area contributed by atoms with E-state index >= 15 is 0 Å². The van der Waals surface area contributed by atoms with Crippen LogP contribution in [0, 0.1) is 5.41 Å². The van der Waals surface area contributed by atoms with Gasteiger partial charge in [-0.3, -0.25) is 4.79 Å². The molecule has 0 aliphatic carbocycles. The summed E-state index contributed by atoms with van der Waals surface area (Å²) in [5.41, 5.74) is 4.66. The first kappa shape index (κ1) is 27.8. The fourth-order valence-electron chi connectivity index (χ4n) is 4.46. The Kier molecular flexibility index (Phi) is 10.4. The van der Waals surface area contributed by atoms with Gasteiger partial charge in [-0.25, -0.2) is 0 Å². The maximum atomic E-state index is 12.4. The summed E-state index contributed by atoms with van der Waals surface area (Å²) in [6.45, 7) is 9.30. The summed E-state index contributed by atoms with van der Waals surface area (Å²) in [5.74, 6) is 0.604. The molecule has 1 aliphatic heterocycles. The van der Waals surface area contributed by atoms with Crippen molar-refractivity contribution >= 4 is 17.7 Å². The van der Waals surface area contributed by atoms with Crippen LogP contribution >= 0.6 is 0 Å². The summed E-state index contributed by atoms with van der Waals surface area (Å²) < 4.78 is 16.4. The number of aliphatic hydroxyl groups is 1. The SMILES string of the molecule is CCCCOCCOc1ccc(-c2ccc3c(c2)/C=C(/CO)CCCN3CC(C)(C)C(=O)OC)cc1. The number of esters is 1. The molecule has 2 aromatic rings. The molecule has 0 atom stereocenters. The number of carbonyl (C=O) groups is 1. The van der Waals surface area contributed by atoms with Gasteiger partial charge in [-0.05, 0) is 79.6 Å². The second kappa shape index (κ2) is 13.5. The zero-order valence-corrected chi connectivity index (χ0v) is 22.2. The third-order valence-corrected chi connectivity index (χ3v) is 6.51. The van der Waals surface area contributed by atoms with Gasteiger partial charge in [0, 0.05) is 25.4 Å². The van der Waals surface area contributed by atoms with Crippen molar-refractivity contribution in [2.75, 3.05) is 51.5 Å². The molecule has 2 aromatic carbocycles. The predicted octanol–water partition coefficient (Wildman–Crippen LogP) is 5.72. The minimum Gasteiger partial charge on any atom is -0.491 e. The van der Waals surface area contributed by atoms with Crippen molar-refractivity contribution in [1.82, 2.24) is 0 Å². The minimum absolute atomic E-state index is 0.0471. The lowest BCUT2D eigenvalue weighted by molar-refractivity contribution is -0.150. The molecule has 0 bridgehead atoms. The van der Waals surface area contributed by atoms with Crippen LogP contribution in [0.15, 0.2) is 48.0 Å². The van der Waals surface area contributed by atoms with Gasteiger partial charge in [-0.15, -0.1) is 0 Å². The van der Waals surface area contributed by atoms with E-state index in [1.807, 2.05) is 26.0 Å². The lowest BCUT2D eigenvalue weighted by Crippen LogP contribution is -2.41. The van der Waals surface area contributed by atoms with E-state index < -0.39 is 5.41 Å². The zero-order valence-electron chi connectivity index (χ0n) is 22.2. The van der Waals surface area contributed by atoms with E-state index in [0.717, 1.165) is 72.5 Å². The van der Waals surface area contributed by atoms with Crippen molar-refractivity contribution in [3.63, 3.8) is 0 Å². The van der Waals surface area contributed by atoms with Gasteiger partial charge in [0.1, 0.15) is 12.4 Å². The minimum atomic E-state index is -0.635. The zero-order chi connectivity index (χ0) is 26.0. The van der Waals surface area contributed by atoms with Crippen LogP contribution in [0.4, 0.5) is 5.69 Å². The van der Waals surface area contributed by atoms with Gasteiger partial charge in [0.25, 0.3) is 0 Å². The number of benzene rings is 2. The second-order valence-electron chi connectivity index (χ2n) is 9.97. The first-order valence-corrected chi connectivity index (χ1v) is 13.0. The highest BCUT2D eigenvalue weighted by Crippen LogP contribution is 2.34. The maximum Gasteiger partial charge on any atom is 0.313 e. The fraction of sp³-hybridized carbons (Fsp3) is 0.500. The van der Waals surface area contributed by atoms with Crippen LogP contribution in [0.5, 0.6) is 5.75 Å². The number of ether oxygens (including phenoxy) is 3. The molecular weight excluding hydrogens is 454 g/mol. The van der Waals surface area contributed by atoms with Crippen LogP contribution in [-0.2, 0) is 14.3 Å². The van der Waals surface area contributed by atoms with Gasteiger partial charge in [0.15, 0.2) is 0 Å². The Morgan fingerprint density at radius 1 is 1.06 bits per heavy atom. The number of carbonyl (C=O) groups excluding carboxylic acids is 1. The molecule has 36 heavy (non-hydrogen) atoms. The summed E-state index contributed by atoms with van der Waals surface area (Å²) in [6.07, 6.45) is 6.03. The van der Waals surface area contributed by atoms with E-state index in [9.17, 15) is 9.90 Å². The molecule has 0 amide bonds. The van der Waals surface area contributed by atoms with E-state index in [0.29, 0.717) is 19.8 Å². The van der Waals surface area contributed by atoms with E-state index in [1.165, 1.54) is 7.11 Å². The number of hydrogen-bond acceptors (Lipinski definition) is 6. The lowest BCUT2D eigenvalue weighted by Gasteiger charge is -2.34. The molecule has 1 N–H and O–H groups in total. The predicted molar refractivity (Wildman–Crippen MR) is 145 cm³/mol. The number of hydrogen-bond donors (Lipinski definition) is 1. The van der Waals surface area contributed by atoms with Crippen LogP contribution < -0.4 is 9.64 Å². The van der Waals surface area contributed by atoms with Crippen molar-refractivity contribution in [3.8, 4) is 16.9 Å². The monoisotopic (exact) mass is 495 g/mol. The molecule has 0 spiro atoms. The molecular formula is C30H41NO5. The number of fused-ring (bicyclic) bond motifs is 1. The molecule has 1 heterocycles. The second-order valence-corrected chi connectivity index (χ2v) is 9.97. The van der Waals surface area contributed by atoms with Crippen LogP contribution in [0.3, 0.4) is 0 Å². The van der Waals surface area contributed by atoms with E-state index in [2.05, 4.69) is 48.2 Å². The molecule has 6 nitrogen and oxygen atoms in total. The van der Waals surface area contributed by atoms with Crippen LogP contribution in [-0.4, -0.2) is 57.7 Å². The number of rotatable bonds is 12. The molecule has 6 heteroatoms. The van der Waals surface area contributed by atoms with Gasteiger partial charge in [0.05, 0.1) is 25.7 Å². The van der Waals surface area contributed by atoms with E-state index in [-0.39, 0.29) is 12.6 Å². The van der Waals surface area contributed by atoms with Gasteiger partial charge < -0.3 is 24.2 Å². The molecule has 3 rings (SSSR count). The summed E-state index contributed by atoms with van der Waals surface area (Å²) >= 11 is 0. The highest BCUT2D eigenvalue weighted by molar-refractivity contribution is 5.79. The number of methoxy groups -OCH3 is 1. The Balaban J connectivity index is 1.79. The topological polar surface area (TPSA) is 68.2 Å². The highest BCUT2D eigenvalue weighted by Gasteiger charge is 2.32. The Hall–Kier alpha value is -2.83. The normalized spacial score (nSPS) is 15.4. The van der Waals surface area contributed by atoms with Crippen molar-refractivity contribution < 1.29 is 24.1 Å². The van der Waals surface area contributed by atoms with Crippen molar-refractivity contribution in [1.29, 1.82) is 0 Å². The van der Waals surface area contributed by atoms with Gasteiger partial charge in [-0.2, -0.15) is 0 Å². The number of anilines is 1. The van der Waals surface area contributed by atoms with Gasteiger partial charge in [-0.1, -0.05) is 37.6 Å². The Morgan fingerprint density at radius 3 is 2.50 bits per heavy atom. The largest absolute Gasteiger partial charge is 0.491 e. The van der Waals surface area contributed by atoms with Crippen molar-refractivity contribution in [2.24, 2.45) is 5.41 Å². The first-order valence-electron chi connectivity index (χ1n) is 13.0. The molecule has 0 fully saturated rings. The molecule has 0 saturated heterocycles. The summed E-state index contributed by atoms with van der Waals surface area (Å²) in [4.78, 5) is 14.6. The Bertz CT molecular complexity index is 1010. The average molecular weight is 496 g/mol. The van der Waals surface area contributed by atoms with E-state index in [4.69, 9.17) is 14.2 Å². The Morgan fingerprint density at radius 2 is 1.81 bits per heavy atom. The van der Waals surface area contributed by atoms with Crippen LogP contribution in [0.25, 0.3) is 17.2 Å². The summed E-state index contributed by atoms with van der Waals surface area (Å²) in [7, 11) is 1.44. The number of nitrogens with zero attached hydrogens (tertiary/aromatic N) is 1. The quantitative estimate of drug-likeness (QED) is 0.300. The molecule has 1 aliphatic rings. The smallest absolute Gasteiger partial charge is 0.313 e. The summed E-state index contributed by atoms with van der Waals surface area (Å²) in [5, 5.41) is 9.87. The molecule has 0 saturated carbocycles. The molecule has 0 radical (unpaired) electrons. The highest BCUT2D eigenvalue weighted by atomic mass is 16.5. The molecule has 0 unspecified atom stereocenters. The Labute approximate surface area is 215 Å². The van der Waals surface area contributed by atoms with Crippen molar-refractivity contribution in [3.05, 3.63) is 53.6 Å². The first-order chi connectivity index (χ1) is 17.4. The number of unbranched alkanes of at least 4 members (excludes halogenated alkanes) is 1. The van der Waals surface area contributed by atoms with Crippen molar-refractivity contribution in [2.45, 2.75) is 46.5 Å². The third kappa shape index (κ3) is 7.58. The standard InChI is InChI=1S/C30H41NO5/c1-5-6-16-35-17-18-36-27-12-9-24(10-13-27)25-11-14-28-26(20-25)19-23(21-32)8-7-15-31(28)22-30(2,3)29(33)34-4/h9-14,19-20,32H,5-8,15-18,21-22H2,1-4H3/b23-19+. The van der Waals surface area contributed by atoms with Gasteiger partial charge >= 0.3 is 5.97 Å². The summed E-state index contributed by atoms with van der Waals surface area (Å²) in [6, 6.07) is 14.5. The molecule has 0 aromatic heterocycles.